The third-order valence-corrected chi connectivity index (χ3v) is 2.39. The fourth-order valence-corrected chi connectivity index (χ4v) is 1.34. The maximum absolute atomic E-state index is 8.85. The lowest BCUT2D eigenvalue weighted by atomic mass is 10.1. The van der Waals surface area contributed by atoms with E-state index in [2.05, 4.69) is 10.3 Å². The van der Waals surface area contributed by atoms with E-state index in [1.807, 2.05) is 19.1 Å². The van der Waals surface area contributed by atoms with Crippen molar-refractivity contribution < 1.29 is 5.11 Å². The molecule has 0 saturated heterocycles. The second kappa shape index (κ2) is 6.81. The molecule has 1 heterocycles. The highest BCUT2D eigenvalue weighted by atomic mass is 16.3. The highest BCUT2D eigenvalue weighted by Crippen LogP contribution is 2.08. The molecule has 0 saturated carbocycles. The van der Waals surface area contributed by atoms with Crippen LogP contribution >= 0.6 is 0 Å². The van der Waals surface area contributed by atoms with Gasteiger partial charge in [-0.05, 0) is 30.9 Å². The van der Waals surface area contributed by atoms with Gasteiger partial charge in [-0.3, -0.25) is 0 Å². The van der Waals surface area contributed by atoms with Crippen molar-refractivity contribution in [1.29, 1.82) is 5.26 Å². The fraction of sp³-hybridized carbons (Fsp3) is 0.500. The number of aliphatic hydroxyl groups excluding tert-OH is 1. The van der Waals surface area contributed by atoms with E-state index < -0.39 is 0 Å². The van der Waals surface area contributed by atoms with E-state index in [4.69, 9.17) is 10.4 Å². The number of nitrogens with zero attached hydrogens (tertiary/aromatic N) is 2. The molecule has 16 heavy (non-hydrogen) atoms. The molecule has 4 nitrogen and oxygen atoms in total. The zero-order valence-corrected chi connectivity index (χ0v) is 9.48. The van der Waals surface area contributed by atoms with Crippen molar-refractivity contribution in [3.05, 3.63) is 24.0 Å². The van der Waals surface area contributed by atoms with E-state index in [1.54, 1.807) is 12.3 Å². The number of hydrogen-bond donors (Lipinski definition) is 2. The molecule has 0 bridgehead atoms. The highest BCUT2D eigenvalue weighted by Gasteiger charge is 1.99. The number of nitriles is 1. The Morgan fingerprint density at radius 2 is 2.38 bits per heavy atom. The molecular weight excluding hydrogens is 202 g/mol. The monoisotopic (exact) mass is 219 g/mol. The minimum atomic E-state index is 0.248. The van der Waals surface area contributed by atoms with Crippen LogP contribution in [0.5, 0.6) is 0 Å². The van der Waals surface area contributed by atoms with Gasteiger partial charge in [-0.15, -0.1) is 0 Å². The van der Waals surface area contributed by atoms with Crippen molar-refractivity contribution in [2.45, 2.75) is 19.8 Å². The number of aliphatic hydroxyl groups is 1. The molecule has 0 aromatic carbocycles. The summed E-state index contributed by atoms with van der Waals surface area (Å²) in [4.78, 5) is 3.96. The molecule has 0 fully saturated rings. The van der Waals surface area contributed by atoms with Crippen LogP contribution in [0.2, 0.25) is 0 Å². The summed E-state index contributed by atoms with van der Waals surface area (Å²) >= 11 is 0. The summed E-state index contributed by atoms with van der Waals surface area (Å²) in [5.41, 5.74) is 1.36. The summed E-state index contributed by atoms with van der Waals surface area (Å²) in [7, 11) is 0. The normalized spacial score (nSPS) is 11.8. The van der Waals surface area contributed by atoms with E-state index in [0.717, 1.165) is 25.1 Å². The van der Waals surface area contributed by atoms with E-state index >= 15 is 0 Å². The molecule has 1 aromatic heterocycles. The first kappa shape index (κ1) is 12.5. The van der Waals surface area contributed by atoms with Crippen LogP contribution in [0.25, 0.3) is 0 Å². The zero-order chi connectivity index (χ0) is 11.8. The Labute approximate surface area is 95.9 Å². The van der Waals surface area contributed by atoms with Gasteiger partial charge in [0, 0.05) is 13.2 Å². The van der Waals surface area contributed by atoms with Gasteiger partial charge in [0.05, 0.1) is 11.9 Å². The molecule has 1 unspecified atom stereocenters. The van der Waals surface area contributed by atoms with Crippen LogP contribution in [0.15, 0.2) is 18.3 Å². The first-order valence-electron chi connectivity index (χ1n) is 5.47. The number of anilines is 1. The van der Waals surface area contributed by atoms with Gasteiger partial charge in [0.25, 0.3) is 0 Å². The van der Waals surface area contributed by atoms with E-state index in [1.165, 1.54) is 0 Å². The predicted molar refractivity (Wildman–Crippen MR) is 62.9 cm³/mol. The van der Waals surface area contributed by atoms with Crippen molar-refractivity contribution in [3.63, 3.8) is 0 Å². The zero-order valence-electron chi connectivity index (χ0n) is 9.48. The maximum Gasteiger partial charge on any atom is 0.140 e. The Bertz CT molecular complexity index is 342. The Morgan fingerprint density at radius 1 is 1.56 bits per heavy atom. The van der Waals surface area contributed by atoms with Gasteiger partial charge in [0.15, 0.2) is 0 Å². The second-order valence-electron chi connectivity index (χ2n) is 3.90. The van der Waals surface area contributed by atoms with Crippen molar-refractivity contribution in [2.75, 3.05) is 18.5 Å². The van der Waals surface area contributed by atoms with Gasteiger partial charge in [-0.25, -0.2) is 4.98 Å². The molecule has 2 N–H and O–H groups in total. The minimum Gasteiger partial charge on any atom is -0.396 e. The molecule has 0 spiro atoms. The number of aromatic nitrogens is 1. The average Bonchev–Trinajstić information content (AvgIpc) is 2.35. The molecule has 86 valence electrons. The van der Waals surface area contributed by atoms with Gasteiger partial charge in [0.2, 0.25) is 0 Å². The van der Waals surface area contributed by atoms with Crippen LogP contribution < -0.4 is 5.32 Å². The van der Waals surface area contributed by atoms with Crippen molar-refractivity contribution in [2.24, 2.45) is 5.92 Å². The lowest BCUT2D eigenvalue weighted by Gasteiger charge is -2.08. The van der Waals surface area contributed by atoms with E-state index in [-0.39, 0.29) is 6.61 Å². The summed E-state index contributed by atoms with van der Waals surface area (Å²) in [5.74, 6) is 0.362. The molecule has 1 aromatic rings. The number of hydrogen-bond acceptors (Lipinski definition) is 4. The summed E-state index contributed by atoms with van der Waals surface area (Å²) in [5, 5.41) is 20.6. The summed E-state index contributed by atoms with van der Waals surface area (Å²) in [6.07, 6.45) is 3.68. The average molecular weight is 219 g/mol. The third-order valence-electron chi connectivity index (χ3n) is 2.39. The molecule has 0 amide bonds. The lowest BCUT2D eigenvalue weighted by molar-refractivity contribution is 0.229. The van der Waals surface area contributed by atoms with Crippen LogP contribution in [0.4, 0.5) is 5.69 Å². The van der Waals surface area contributed by atoms with Gasteiger partial charge in [-0.2, -0.15) is 5.26 Å². The largest absolute Gasteiger partial charge is 0.396 e. The molecular formula is C12H17N3O. The molecule has 0 radical (unpaired) electrons. The van der Waals surface area contributed by atoms with Gasteiger partial charge >= 0.3 is 0 Å². The fourth-order valence-electron chi connectivity index (χ4n) is 1.34. The van der Waals surface area contributed by atoms with Crippen LogP contribution in [0, 0.1) is 17.2 Å². The first-order valence-corrected chi connectivity index (χ1v) is 5.47. The molecule has 0 aliphatic rings. The Hall–Kier alpha value is -1.60. The molecule has 0 aliphatic carbocycles. The number of pyridine rings is 1. The smallest absolute Gasteiger partial charge is 0.140 e. The Kier molecular flexibility index (Phi) is 5.30. The third kappa shape index (κ3) is 4.28. The topological polar surface area (TPSA) is 68.9 Å². The molecule has 4 heteroatoms. The Morgan fingerprint density at radius 3 is 2.94 bits per heavy atom. The van der Waals surface area contributed by atoms with Crippen LogP contribution in [-0.4, -0.2) is 23.2 Å². The van der Waals surface area contributed by atoms with Gasteiger partial charge in [-0.1, -0.05) is 6.92 Å². The minimum absolute atomic E-state index is 0.248. The van der Waals surface area contributed by atoms with Gasteiger partial charge < -0.3 is 10.4 Å². The summed E-state index contributed by atoms with van der Waals surface area (Å²) in [6, 6.07) is 5.52. The molecule has 1 atom stereocenters. The molecule has 1 rings (SSSR count). The first-order chi connectivity index (χ1) is 7.76. The SMILES string of the molecule is CC(CO)CCCNc1ccc(C#N)nc1. The van der Waals surface area contributed by atoms with Crippen molar-refractivity contribution in [1.82, 2.24) is 4.98 Å². The molecule has 0 aliphatic heterocycles. The van der Waals surface area contributed by atoms with Crippen LogP contribution in [0.1, 0.15) is 25.5 Å². The van der Waals surface area contributed by atoms with Gasteiger partial charge in [0.1, 0.15) is 11.8 Å². The van der Waals surface area contributed by atoms with E-state index in [0.29, 0.717) is 11.6 Å². The van der Waals surface area contributed by atoms with Crippen LogP contribution in [-0.2, 0) is 0 Å². The number of nitrogens with one attached hydrogen (secondary N) is 1. The van der Waals surface area contributed by atoms with Crippen molar-refractivity contribution in [3.8, 4) is 6.07 Å². The quantitative estimate of drug-likeness (QED) is 0.715. The number of rotatable bonds is 6. The standard InChI is InChI=1S/C12H17N3O/c1-10(9-16)3-2-6-14-12-5-4-11(7-13)15-8-12/h4-5,8,10,14,16H,2-3,6,9H2,1H3. The highest BCUT2D eigenvalue weighted by molar-refractivity contribution is 5.42. The van der Waals surface area contributed by atoms with Crippen molar-refractivity contribution >= 4 is 5.69 Å². The maximum atomic E-state index is 8.85. The predicted octanol–water partition coefficient (Wildman–Crippen LogP) is 1.77. The van der Waals surface area contributed by atoms with E-state index in [9.17, 15) is 0 Å². The second-order valence-corrected chi connectivity index (χ2v) is 3.90. The van der Waals surface area contributed by atoms with Crippen LogP contribution in [0.3, 0.4) is 0 Å². The summed E-state index contributed by atoms with van der Waals surface area (Å²) in [6.45, 7) is 3.14. The Balaban J connectivity index is 2.25. The summed E-state index contributed by atoms with van der Waals surface area (Å²) < 4.78 is 0. The lowest BCUT2D eigenvalue weighted by Crippen LogP contribution is -2.06.